The van der Waals surface area contributed by atoms with E-state index in [1.54, 1.807) is 7.11 Å². The third kappa shape index (κ3) is 4.27. The third-order valence-corrected chi connectivity index (χ3v) is 8.59. The molecule has 2 saturated carbocycles. The second-order valence-corrected chi connectivity index (χ2v) is 10.3. The minimum absolute atomic E-state index is 0.0897. The van der Waals surface area contributed by atoms with Gasteiger partial charge in [-0.1, -0.05) is 49.7 Å². The van der Waals surface area contributed by atoms with Crippen molar-refractivity contribution in [2.45, 2.75) is 58.0 Å². The number of fused-ring (bicyclic) bond motifs is 1. The molecule has 1 saturated heterocycles. The van der Waals surface area contributed by atoms with Crippen LogP contribution >= 0.6 is 0 Å². The summed E-state index contributed by atoms with van der Waals surface area (Å²) in [5.74, 6) is 4.12. The summed E-state index contributed by atoms with van der Waals surface area (Å²) < 4.78 is 18.2. The van der Waals surface area contributed by atoms with Crippen molar-refractivity contribution in [3.8, 4) is 11.5 Å². The number of nitrogens with one attached hydrogen (secondary N) is 1. The fraction of sp³-hybridized carbons (Fsp3) is 0.571. The van der Waals surface area contributed by atoms with Crippen molar-refractivity contribution < 1.29 is 19.3 Å². The fourth-order valence-corrected chi connectivity index (χ4v) is 6.25. The summed E-state index contributed by atoms with van der Waals surface area (Å²) >= 11 is 0. The van der Waals surface area contributed by atoms with Crippen molar-refractivity contribution >= 4 is 0 Å². The zero-order valence-electron chi connectivity index (χ0n) is 20.0. The monoisotopic (exact) mass is 451 g/mol. The van der Waals surface area contributed by atoms with Crippen LogP contribution in [0.3, 0.4) is 0 Å². The number of rotatable bonds is 9. The van der Waals surface area contributed by atoms with Crippen LogP contribution in [0.2, 0.25) is 0 Å². The maximum absolute atomic E-state index is 10.9. The van der Waals surface area contributed by atoms with Crippen LogP contribution in [0.25, 0.3) is 0 Å². The van der Waals surface area contributed by atoms with E-state index in [1.807, 2.05) is 31.2 Å². The lowest BCUT2D eigenvalue weighted by molar-refractivity contribution is -0.0917. The van der Waals surface area contributed by atoms with Gasteiger partial charge in [0.25, 0.3) is 0 Å². The Balaban J connectivity index is 1.32. The summed E-state index contributed by atoms with van der Waals surface area (Å²) in [6.45, 7) is 6.00. The molecule has 2 aromatic rings. The number of hydrogen-bond donors (Lipinski definition) is 2. The Hall–Kier alpha value is -2.08. The average Bonchev–Trinajstić information content (AvgIpc) is 3.13. The van der Waals surface area contributed by atoms with Gasteiger partial charge in [0.1, 0.15) is 6.23 Å². The molecule has 5 rings (SSSR count). The van der Waals surface area contributed by atoms with Crippen molar-refractivity contribution in [3.63, 3.8) is 0 Å². The van der Waals surface area contributed by atoms with Crippen LogP contribution < -0.4 is 14.8 Å². The summed E-state index contributed by atoms with van der Waals surface area (Å²) in [6.07, 6.45) is 3.31. The zero-order chi connectivity index (χ0) is 23.0. The minimum Gasteiger partial charge on any atom is -0.493 e. The molecule has 5 nitrogen and oxygen atoms in total. The molecule has 3 fully saturated rings. The first-order chi connectivity index (χ1) is 16.0. The van der Waals surface area contributed by atoms with E-state index in [-0.39, 0.29) is 12.1 Å². The molecule has 5 heteroatoms. The SMILES string of the molecule is COc1ccc(C2CNC(OCc3ccccc3)C2(C)[C@@H](C)O)cc1OCC1C2CCCC21. The predicted molar refractivity (Wildman–Crippen MR) is 128 cm³/mol. The molecule has 2 N–H and O–H groups in total. The first-order valence-corrected chi connectivity index (χ1v) is 12.4. The molecular formula is C28H37NO4. The van der Waals surface area contributed by atoms with Gasteiger partial charge in [-0.3, -0.25) is 5.32 Å². The molecule has 5 unspecified atom stereocenters. The van der Waals surface area contributed by atoms with E-state index in [0.29, 0.717) is 12.5 Å². The van der Waals surface area contributed by atoms with Gasteiger partial charge in [-0.2, -0.15) is 0 Å². The summed E-state index contributed by atoms with van der Waals surface area (Å²) in [5.41, 5.74) is 1.79. The number of methoxy groups -OCH3 is 1. The van der Waals surface area contributed by atoms with Crippen LogP contribution in [-0.4, -0.2) is 37.7 Å². The predicted octanol–water partition coefficient (Wildman–Crippen LogP) is 4.74. The van der Waals surface area contributed by atoms with Crippen molar-refractivity contribution in [1.29, 1.82) is 0 Å². The fourth-order valence-electron chi connectivity index (χ4n) is 6.25. The molecule has 0 radical (unpaired) electrons. The maximum atomic E-state index is 10.9. The first kappa shape index (κ1) is 22.7. The lowest BCUT2D eigenvalue weighted by Crippen LogP contribution is -2.45. The highest BCUT2D eigenvalue weighted by Gasteiger charge is 2.53. The second-order valence-electron chi connectivity index (χ2n) is 10.3. The van der Waals surface area contributed by atoms with Crippen molar-refractivity contribution in [2.75, 3.05) is 20.3 Å². The van der Waals surface area contributed by atoms with Gasteiger partial charge in [-0.15, -0.1) is 0 Å². The van der Waals surface area contributed by atoms with E-state index in [1.165, 1.54) is 19.3 Å². The highest BCUT2D eigenvalue weighted by Crippen LogP contribution is 2.57. The average molecular weight is 452 g/mol. The largest absolute Gasteiger partial charge is 0.493 e. The van der Waals surface area contributed by atoms with Gasteiger partial charge in [0.15, 0.2) is 11.5 Å². The van der Waals surface area contributed by atoms with Gasteiger partial charge in [0.05, 0.1) is 26.4 Å². The second kappa shape index (κ2) is 9.28. The smallest absolute Gasteiger partial charge is 0.161 e. The summed E-state index contributed by atoms with van der Waals surface area (Å²) in [6, 6.07) is 16.4. The molecule has 33 heavy (non-hydrogen) atoms. The number of hydrogen-bond acceptors (Lipinski definition) is 5. The van der Waals surface area contributed by atoms with E-state index < -0.39 is 11.5 Å². The Morgan fingerprint density at radius 1 is 1.09 bits per heavy atom. The van der Waals surface area contributed by atoms with E-state index in [2.05, 4.69) is 36.5 Å². The van der Waals surface area contributed by atoms with Gasteiger partial charge in [0.2, 0.25) is 0 Å². The molecular weight excluding hydrogens is 414 g/mol. The summed E-state index contributed by atoms with van der Waals surface area (Å²) in [4.78, 5) is 0. The minimum atomic E-state index is -0.546. The molecule has 178 valence electrons. The molecule has 0 amide bonds. The van der Waals surface area contributed by atoms with Gasteiger partial charge < -0.3 is 19.3 Å². The molecule has 1 heterocycles. The van der Waals surface area contributed by atoms with Gasteiger partial charge >= 0.3 is 0 Å². The lowest BCUT2D eigenvalue weighted by atomic mass is 9.71. The Kier molecular flexibility index (Phi) is 6.39. The van der Waals surface area contributed by atoms with Crippen molar-refractivity contribution in [3.05, 3.63) is 59.7 Å². The van der Waals surface area contributed by atoms with E-state index >= 15 is 0 Å². The summed E-state index contributed by atoms with van der Waals surface area (Å²) in [5, 5.41) is 14.4. The Morgan fingerprint density at radius 2 is 1.85 bits per heavy atom. The van der Waals surface area contributed by atoms with Gasteiger partial charge in [-0.05, 0) is 60.8 Å². The summed E-state index contributed by atoms with van der Waals surface area (Å²) in [7, 11) is 1.69. The molecule has 0 spiro atoms. The van der Waals surface area contributed by atoms with Crippen LogP contribution in [0, 0.1) is 23.2 Å². The Labute approximate surface area is 197 Å². The topological polar surface area (TPSA) is 60.0 Å². The number of ether oxygens (including phenoxy) is 3. The standard InChI is InChI=1S/C28H37NO4/c1-18(30)28(2)24(15-29-27(28)33-16-19-8-5-4-6-9-19)20-12-13-25(31-3)26(14-20)32-17-23-21-10-7-11-22(21)23/h4-6,8-9,12-14,18,21-24,27,29-30H,7,10-11,15-17H2,1-3H3/t18-,21?,22?,23?,24?,27?,28?/m1/s1. The van der Waals surface area contributed by atoms with Crippen LogP contribution in [0.1, 0.15) is 50.2 Å². The maximum Gasteiger partial charge on any atom is 0.161 e. The van der Waals surface area contributed by atoms with E-state index in [0.717, 1.165) is 47.6 Å². The van der Waals surface area contributed by atoms with Crippen LogP contribution in [0.5, 0.6) is 11.5 Å². The third-order valence-electron chi connectivity index (χ3n) is 8.59. The number of aliphatic hydroxyl groups excluding tert-OH is 1. The van der Waals surface area contributed by atoms with Crippen LogP contribution in [0.4, 0.5) is 0 Å². The molecule has 3 aliphatic rings. The zero-order valence-corrected chi connectivity index (χ0v) is 20.0. The molecule has 1 aliphatic heterocycles. The van der Waals surface area contributed by atoms with Crippen molar-refractivity contribution in [1.82, 2.24) is 5.32 Å². The van der Waals surface area contributed by atoms with E-state index in [9.17, 15) is 5.11 Å². The Bertz CT molecular complexity index is 938. The van der Waals surface area contributed by atoms with Gasteiger partial charge in [-0.25, -0.2) is 0 Å². The van der Waals surface area contributed by atoms with E-state index in [4.69, 9.17) is 14.2 Å². The molecule has 2 aliphatic carbocycles. The normalized spacial score (nSPS) is 33.5. The van der Waals surface area contributed by atoms with Crippen LogP contribution in [0.15, 0.2) is 48.5 Å². The van der Waals surface area contributed by atoms with Crippen LogP contribution in [-0.2, 0) is 11.3 Å². The number of aliphatic hydroxyl groups is 1. The molecule has 0 aromatic heterocycles. The lowest BCUT2D eigenvalue weighted by Gasteiger charge is -2.38. The highest BCUT2D eigenvalue weighted by atomic mass is 16.5. The quantitative estimate of drug-likeness (QED) is 0.577. The van der Waals surface area contributed by atoms with Crippen molar-refractivity contribution in [2.24, 2.45) is 23.2 Å². The molecule has 6 atom stereocenters. The molecule has 0 bridgehead atoms. The Morgan fingerprint density at radius 3 is 2.55 bits per heavy atom. The van der Waals surface area contributed by atoms with Gasteiger partial charge in [0, 0.05) is 17.9 Å². The highest BCUT2D eigenvalue weighted by molar-refractivity contribution is 5.45. The molecule has 2 aromatic carbocycles. The first-order valence-electron chi connectivity index (χ1n) is 12.4. The number of benzene rings is 2.